The number of ether oxygens (including phenoxy) is 1. The van der Waals surface area contributed by atoms with Gasteiger partial charge in [0.2, 0.25) is 0 Å². The molecule has 0 aliphatic rings. The minimum absolute atomic E-state index is 0.458. The molecule has 0 aromatic rings. The van der Waals surface area contributed by atoms with E-state index in [1.807, 2.05) is 14.0 Å². The van der Waals surface area contributed by atoms with E-state index in [0.29, 0.717) is 6.04 Å². The summed E-state index contributed by atoms with van der Waals surface area (Å²) in [5.41, 5.74) is 0. The van der Waals surface area contributed by atoms with E-state index in [9.17, 15) is 0 Å². The Hall–Kier alpha value is -0.120. The standard InChI is InChI=1S/C10H24N2O/c1-5-12(6-2)8-10(11-4)9-13-7-3/h10-11H,5-9H2,1-4H3/t10-/m0/s1. The molecule has 0 fully saturated rings. The smallest absolute Gasteiger partial charge is 0.0631 e. The summed E-state index contributed by atoms with van der Waals surface area (Å²) in [7, 11) is 1.99. The van der Waals surface area contributed by atoms with Crippen molar-refractivity contribution in [2.45, 2.75) is 26.8 Å². The van der Waals surface area contributed by atoms with Crippen molar-refractivity contribution in [2.75, 3.05) is 39.9 Å². The van der Waals surface area contributed by atoms with E-state index in [1.165, 1.54) is 0 Å². The average molecular weight is 188 g/mol. The van der Waals surface area contributed by atoms with Crippen LogP contribution >= 0.6 is 0 Å². The van der Waals surface area contributed by atoms with Crippen molar-refractivity contribution in [3.05, 3.63) is 0 Å². The Labute approximate surface area is 82.4 Å². The van der Waals surface area contributed by atoms with Crippen molar-refractivity contribution in [3.8, 4) is 0 Å². The summed E-state index contributed by atoms with van der Waals surface area (Å²) >= 11 is 0. The van der Waals surface area contributed by atoms with Gasteiger partial charge in [0.05, 0.1) is 6.61 Å². The zero-order valence-electron chi connectivity index (χ0n) is 9.47. The normalized spacial score (nSPS) is 13.6. The highest BCUT2D eigenvalue weighted by Crippen LogP contribution is 1.93. The number of nitrogens with zero attached hydrogens (tertiary/aromatic N) is 1. The molecule has 0 heterocycles. The number of hydrogen-bond donors (Lipinski definition) is 1. The van der Waals surface area contributed by atoms with Crippen molar-refractivity contribution in [2.24, 2.45) is 0 Å². The largest absolute Gasteiger partial charge is 0.380 e. The molecule has 13 heavy (non-hydrogen) atoms. The molecule has 1 atom stereocenters. The van der Waals surface area contributed by atoms with Gasteiger partial charge in [-0.3, -0.25) is 0 Å². The van der Waals surface area contributed by atoms with Crippen molar-refractivity contribution in [3.63, 3.8) is 0 Å². The predicted molar refractivity (Wildman–Crippen MR) is 57.1 cm³/mol. The van der Waals surface area contributed by atoms with Gasteiger partial charge in [-0.25, -0.2) is 0 Å². The molecule has 0 saturated carbocycles. The summed E-state index contributed by atoms with van der Waals surface area (Å²) in [6.45, 7) is 11.3. The molecular weight excluding hydrogens is 164 g/mol. The lowest BCUT2D eigenvalue weighted by atomic mass is 10.3. The van der Waals surface area contributed by atoms with E-state index < -0.39 is 0 Å². The average Bonchev–Trinajstić information content (AvgIpc) is 2.19. The van der Waals surface area contributed by atoms with Crippen LogP contribution in [0.1, 0.15) is 20.8 Å². The first kappa shape index (κ1) is 12.9. The Bertz CT molecular complexity index is 105. The third-order valence-corrected chi connectivity index (χ3v) is 2.30. The molecule has 1 N–H and O–H groups in total. The van der Waals surface area contributed by atoms with E-state index >= 15 is 0 Å². The van der Waals surface area contributed by atoms with Crippen LogP contribution < -0.4 is 5.32 Å². The number of hydrogen-bond acceptors (Lipinski definition) is 3. The molecule has 0 radical (unpaired) electrons. The van der Waals surface area contributed by atoms with Crippen LogP contribution in [-0.2, 0) is 4.74 Å². The van der Waals surface area contributed by atoms with E-state index in [-0.39, 0.29) is 0 Å². The molecule has 0 aromatic carbocycles. The van der Waals surface area contributed by atoms with Crippen LogP contribution in [-0.4, -0.2) is 50.8 Å². The highest BCUT2D eigenvalue weighted by atomic mass is 16.5. The second kappa shape index (κ2) is 8.48. The van der Waals surface area contributed by atoms with Gasteiger partial charge >= 0.3 is 0 Å². The fourth-order valence-corrected chi connectivity index (χ4v) is 1.28. The molecule has 0 aliphatic heterocycles. The third-order valence-electron chi connectivity index (χ3n) is 2.30. The number of likely N-dealkylation sites (N-methyl/N-ethyl adjacent to an activating group) is 2. The quantitative estimate of drug-likeness (QED) is 0.614. The van der Waals surface area contributed by atoms with Crippen LogP contribution in [0.3, 0.4) is 0 Å². The van der Waals surface area contributed by atoms with Gasteiger partial charge < -0.3 is 15.0 Å². The highest BCUT2D eigenvalue weighted by molar-refractivity contribution is 4.68. The van der Waals surface area contributed by atoms with Crippen molar-refractivity contribution in [1.82, 2.24) is 10.2 Å². The maximum atomic E-state index is 5.39. The summed E-state index contributed by atoms with van der Waals surface area (Å²) in [6, 6.07) is 0.458. The Morgan fingerprint density at radius 2 is 1.85 bits per heavy atom. The minimum atomic E-state index is 0.458. The van der Waals surface area contributed by atoms with Crippen LogP contribution in [0.25, 0.3) is 0 Å². The molecule has 0 aromatic heterocycles. The van der Waals surface area contributed by atoms with Gasteiger partial charge in [0.1, 0.15) is 0 Å². The van der Waals surface area contributed by atoms with Gasteiger partial charge in [-0.15, -0.1) is 0 Å². The molecule has 0 rings (SSSR count). The summed E-state index contributed by atoms with van der Waals surface area (Å²) in [5, 5.41) is 3.27. The fourth-order valence-electron chi connectivity index (χ4n) is 1.28. The van der Waals surface area contributed by atoms with Gasteiger partial charge in [-0.1, -0.05) is 13.8 Å². The fraction of sp³-hybridized carbons (Fsp3) is 1.00. The Morgan fingerprint density at radius 1 is 1.23 bits per heavy atom. The molecular formula is C10H24N2O. The van der Waals surface area contributed by atoms with Crippen LogP contribution in [0.4, 0.5) is 0 Å². The summed E-state index contributed by atoms with van der Waals surface area (Å²) in [4.78, 5) is 2.40. The van der Waals surface area contributed by atoms with Gasteiger partial charge in [-0.05, 0) is 27.1 Å². The lowest BCUT2D eigenvalue weighted by Crippen LogP contribution is -2.42. The van der Waals surface area contributed by atoms with Crippen LogP contribution in [0.2, 0.25) is 0 Å². The molecule has 0 bridgehead atoms. The maximum Gasteiger partial charge on any atom is 0.0631 e. The molecule has 80 valence electrons. The Morgan fingerprint density at radius 3 is 2.23 bits per heavy atom. The lowest BCUT2D eigenvalue weighted by molar-refractivity contribution is 0.109. The molecule has 0 spiro atoms. The summed E-state index contributed by atoms with van der Waals surface area (Å²) in [6.07, 6.45) is 0. The van der Waals surface area contributed by atoms with Gasteiger partial charge in [0.15, 0.2) is 0 Å². The minimum Gasteiger partial charge on any atom is -0.380 e. The van der Waals surface area contributed by atoms with Crippen molar-refractivity contribution >= 4 is 0 Å². The van der Waals surface area contributed by atoms with Crippen molar-refractivity contribution in [1.29, 1.82) is 0 Å². The molecule has 0 aliphatic carbocycles. The number of rotatable bonds is 8. The van der Waals surface area contributed by atoms with Gasteiger partial charge in [-0.2, -0.15) is 0 Å². The highest BCUT2D eigenvalue weighted by Gasteiger charge is 2.09. The maximum absolute atomic E-state index is 5.39. The van der Waals surface area contributed by atoms with E-state index in [4.69, 9.17) is 4.74 Å². The predicted octanol–water partition coefficient (Wildman–Crippen LogP) is 0.953. The third kappa shape index (κ3) is 6.02. The Kier molecular flexibility index (Phi) is 8.40. The molecule has 0 unspecified atom stereocenters. The van der Waals surface area contributed by atoms with Gasteiger partial charge in [0.25, 0.3) is 0 Å². The summed E-state index contributed by atoms with van der Waals surface area (Å²) < 4.78 is 5.39. The van der Waals surface area contributed by atoms with E-state index in [2.05, 4.69) is 24.1 Å². The molecule has 0 saturated heterocycles. The first-order chi connectivity index (χ1) is 6.28. The number of nitrogens with one attached hydrogen (secondary N) is 1. The summed E-state index contributed by atoms with van der Waals surface area (Å²) in [5.74, 6) is 0. The van der Waals surface area contributed by atoms with Crippen LogP contribution in [0.5, 0.6) is 0 Å². The SMILES string of the molecule is CCOC[C@H](CN(CC)CC)NC. The van der Waals surface area contributed by atoms with Crippen LogP contribution in [0, 0.1) is 0 Å². The first-order valence-electron chi connectivity index (χ1n) is 5.25. The topological polar surface area (TPSA) is 24.5 Å². The molecule has 3 heteroatoms. The monoisotopic (exact) mass is 188 g/mol. The second-order valence-corrected chi connectivity index (χ2v) is 3.13. The first-order valence-corrected chi connectivity index (χ1v) is 5.25. The van der Waals surface area contributed by atoms with E-state index in [1.54, 1.807) is 0 Å². The van der Waals surface area contributed by atoms with E-state index in [0.717, 1.165) is 32.8 Å². The zero-order chi connectivity index (χ0) is 10.1. The lowest BCUT2D eigenvalue weighted by Gasteiger charge is -2.24. The molecule has 3 nitrogen and oxygen atoms in total. The molecule has 0 amide bonds. The van der Waals surface area contributed by atoms with Gasteiger partial charge in [0, 0.05) is 19.2 Å². The van der Waals surface area contributed by atoms with Crippen LogP contribution in [0.15, 0.2) is 0 Å². The zero-order valence-corrected chi connectivity index (χ0v) is 9.47. The second-order valence-electron chi connectivity index (χ2n) is 3.13. The Balaban J connectivity index is 3.67. The van der Waals surface area contributed by atoms with Crippen molar-refractivity contribution < 1.29 is 4.74 Å².